The molecule has 2 aromatic rings. The molecule has 146 valence electrons. The smallest absolute Gasteiger partial charge is 0.245 e. The van der Waals surface area contributed by atoms with E-state index in [0.717, 1.165) is 38.0 Å². The quantitative estimate of drug-likeness (QED) is 0.743. The normalized spacial score (nSPS) is 21.3. The van der Waals surface area contributed by atoms with Crippen LogP contribution in [-0.2, 0) is 11.2 Å². The topological polar surface area (TPSA) is 110 Å². The van der Waals surface area contributed by atoms with Crippen molar-refractivity contribution in [2.75, 3.05) is 29.3 Å². The van der Waals surface area contributed by atoms with Crippen LogP contribution in [0.4, 0.5) is 11.5 Å². The fraction of sp³-hybridized carbons (Fsp3) is 0.316. The number of hydrogen-bond acceptors (Lipinski definition) is 6. The second-order valence-corrected chi connectivity index (χ2v) is 7.72. The highest BCUT2D eigenvalue weighted by Gasteiger charge is 2.24. The van der Waals surface area contributed by atoms with Crippen LogP contribution in [0, 0.1) is 5.92 Å². The summed E-state index contributed by atoms with van der Waals surface area (Å²) < 4.78 is 24.4. The third kappa shape index (κ3) is 3.84. The Bertz CT molecular complexity index is 932. The van der Waals surface area contributed by atoms with E-state index in [1.54, 1.807) is 18.3 Å². The predicted octanol–water partition coefficient (Wildman–Crippen LogP) is 1.90. The first kappa shape index (κ1) is 18.4. The van der Waals surface area contributed by atoms with Crippen LogP contribution in [0.3, 0.4) is 0 Å². The van der Waals surface area contributed by atoms with E-state index in [1.807, 2.05) is 18.2 Å². The van der Waals surface area contributed by atoms with Gasteiger partial charge in [0.25, 0.3) is 0 Å². The van der Waals surface area contributed by atoms with Gasteiger partial charge in [-0.25, -0.2) is 9.19 Å². The van der Waals surface area contributed by atoms with E-state index in [-0.39, 0.29) is 5.84 Å². The maximum absolute atomic E-state index is 11.6. The molecule has 2 unspecified atom stereocenters. The summed E-state index contributed by atoms with van der Waals surface area (Å²) in [5.74, 6) is 2.05. The molecule has 3 heterocycles. The molecule has 1 aromatic heterocycles. The number of benzene rings is 1. The Morgan fingerprint density at radius 3 is 3.04 bits per heavy atom. The van der Waals surface area contributed by atoms with E-state index in [4.69, 9.17) is 10.5 Å². The highest BCUT2D eigenvalue weighted by molar-refractivity contribution is 7.85. The number of nitrogens with zero attached hydrogens (tertiary/aromatic N) is 3. The summed E-state index contributed by atoms with van der Waals surface area (Å²) in [5.41, 5.74) is 7.85. The molecule has 1 saturated heterocycles. The van der Waals surface area contributed by atoms with Crippen LogP contribution in [0.2, 0.25) is 0 Å². The molecule has 0 bridgehead atoms. The second-order valence-electron chi connectivity index (χ2n) is 6.84. The summed E-state index contributed by atoms with van der Waals surface area (Å²) in [7, 11) is 0. The number of nitrogens with two attached hydrogens (primary N) is 1. The number of carbonyl (C=O) groups excluding carboxylic acids is 1. The number of carbonyl (C=O) groups is 1. The van der Waals surface area contributed by atoms with Gasteiger partial charge in [0.05, 0.1) is 17.9 Å². The number of aromatic nitrogens is 1. The SMILES string of the molecule is NC1=NS(=O)Nc2cccc(OCC3CCCN(c4ccc(C=O)cn4)C3)c21. The Morgan fingerprint density at radius 2 is 2.25 bits per heavy atom. The zero-order chi connectivity index (χ0) is 19.5. The highest BCUT2D eigenvalue weighted by Crippen LogP contribution is 2.30. The number of nitrogens with one attached hydrogen (secondary N) is 1. The molecule has 2 aliphatic heterocycles. The van der Waals surface area contributed by atoms with Crippen molar-refractivity contribution in [3.8, 4) is 5.75 Å². The lowest BCUT2D eigenvalue weighted by molar-refractivity contribution is 0.112. The Kier molecular flexibility index (Phi) is 5.25. The van der Waals surface area contributed by atoms with Gasteiger partial charge in [-0.2, -0.15) is 4.40 Å². The number of piperidine rings is 1. The monoisotopic (exact) mass is 399 g/mol. The molecule has 1 fully saturated rings. The van der Waals surface area contributed by atoms with Crippen molar-refractivity contribution in [3.05, 3.63) is 47.7 Å². The van der Waals surface area contributed by atoms with Gasteiger partial charge in [0.2, 0.25) is 11.2 Å². The van der Waals surface area contributed by atoms with Crippen LogP contribution in [0.5, 0.6) is 5.75 Å². The lowest BCUT2D eigenvalue weighted by atomic mass is 9.99. The highest BCUT2D eigenvalue weighted by atomic mass is 32.2. The Balaban J connectivity index is 1.43. The van der Waals surface area contributed by atoms with Crippen molar-refractivity contribution < 1.29 is 13.7 Å². The number of aldehydes is 1. The maximum atomic E-state index is 11.6. The number of fused-ring (bicyclic) bond motifs is 1. The number of anilines is 2. The first-order chi connectivity index (χ1) is 13.6. The van der Waals surface area contributed by atoms with Gasteiger partial charge in [-0.15, -0.1) is 0 Å². The van der Waals surface area contributed by atoms with Gasteiger partial charge >= 0.3 is 0 Å². The average molecular weight is 399 g/mol. The summed E-state index contributed by atoms with van der Waals surface area (Å²) >= 11 is -1.55. The van der Waals surface area contributed by atoms with E-state index in [0.29, 0.717) is 35.1 Å². The molecule has 28 heavy (non-hydrogen) atoms. The minimum Gasteiger partial charge on any atom is -0.492 e. The number of rotatable bonds is 5. The van der Waals surface area contributed by atoms with Gasteiger partial charge in [-0.3, -0.25) is 9.52 Å². The van der Waals surface area contributed by atoms with Crippen molar-refractivity contribution in [1.82, 2.24) is 4.98 Å². The molecule has 8 nitrogen and oxygen atoms in total. The largest absolute Gasteiger partial charge is 0.492 e. The van der Waals surface area contributed by atoms with Gasteiger partial charge in [0.1, 0.15) is 17.4 Å². The molecule has 4 rings (SSSR count). The molecule has 2 atom stereocenters. The Labute approximate surface area is 165 Å². The van der Waals surface area contributed by atoms with E-state index < -0.39 is 11.2 Å². The average Bonchev–Trinajstić information content (AvgIpc) is 2.72. The predicted molar refractivity (Wildman–Crippen MR) is 109 cm³/mol. The molecule has 2 aliphatic rings. The van der Waals surface area contributed by atoms with Crippen molar-refractivity contribution in [1.29, 1.82) is 0 Å². The van der Waals surface area contributed by atoms with Crippen LogP contribution in [0.1, 0.15) is 28.8 Å². The standard InChI is InChI=1S/C19H21N5O3S/c20-19-18-15(22-28(26)23-19)4-1-5-16(18)27-12-14-3-2-8-24(10-14)17-7-6-13(11-25)9-21-17/h1,4-7,9,11,14,22H,2-3,8,10,12H2,(H2,20,23). The number of pyridine rings is 1. The van der Waals surface area contributed by atoms with Crippen LogP contribution in [0.15, 0.2) is 40.9 Å². The third-order valence-corrected chi connectivity index (χ3v) is 5.64. The molecule has 0 spiro atoms. The summed E-state index contributed by atoms with van der Waals surface area (Å²) in [6.45, 7) is 2.30. The fourth-order valence-electron chi connectivity index (χ4n) is 3.52. The van der Waals surface area contributed by atoms with Crippen molar-refractivity contribution >= 4 is 34.8 Å². The zero-order valence-electron chi connectivity index (χ0n) is 15.2. The van der Waals surface area contributed by atoms with Crippen molar-refractivity contribution in [2.45, 2.75) is 12.8 Å². The minimum atomic E-state index is -1.55. The van der Waals surface area contributed by atoms with E-state index >= 15 is 0 Å². The van der Waals surface area contributed by atoms with Crippen LogP contribution < -0.4 is 20.1 Å². The Hall–Kier alpha value is -2.94. The summed E-state index contributed by atoms with van der Waals surface area (Å²) in [4.78, 5) is 17.4. The fourth-order valence-corrected chi connectivity index (χ4v) is 4.20. The summed E-state index contributed by atoms with van der Waals surface area (Å²) in [6.07, 6.45) is 4.49. The second kappa shape index (κ2) is 7.97. The number of amidine groups is 1. The van der Waals surface area contributed by atoms with Gasteiger partial charge in [0, 0.05) is 30.8 Å². The molecule has 3 N–H and O–H groups in total. The Morgan fingerprint density at radius 1 is 1.36 bits per heavy atom. The third-order valence-electron chi connectivity index (χ3n) is 4.89. The number of hydrogen-bond donors (Lipinski definition) is 2. The molecule has 0 saturated carbocycles. The first-order valence-electron chi connectivity index (χ1n) is 9.09. The minimum absolute atomic E-state index is 0.215. The van der Waals surface area contributed by atoms with Crippen molar-refractivity contribution in [2.24, 2.45) is 16.0 Å². The van der Waals surface area contributed by atoms with Crippen LogP contribution in [0.25, 0.3) is 0 Å². The lowest BCUT2D eigenvalue weighted by Gasteiger charge is -2.33. The van der Waals surface area contributed by atoms with Crippen LogP contribution >= 0.6 is 0 Å². The zero-order valence-corrected chi connectivity index (χ0v) is 16.0. The molecule has 9 heteroatoms. The lowest BCUT2D eigenvalue weighted by Crippen LogP contribution is -2.38. The van der Waals surface area contributed by atoms with Gasteiger partial charge in [0.15, 0.2) is 6.29 Å². The van der Waals surface area contributed by atoms with E-state index in [9.17, 15) is 9.00 Å². The molecule has 0 aliphatic carbocycles. The van der Waals surface area contributed by atoms with Gasteiger partial charge < -0.3 is 15.4 Å². The van der Waals surface area contributed by atoms with Gasteiger partial charge in [-0.1, -0.05) is 6.07 Å². The molecule has 0 radical (unpaired) electrons. The maximum Gasteiger partial charge on any atom is 0.245 e. The summed E-state index contributed by atoms with van der Waals surface area (Å²) in [6, 6.07) is 9.15. The molecule has 0 amide bonds. The molecular formula is C19H21N5O3S. The van der Waals surface area contributed by atoms with Gasteiger partial charge in [-0.05, 0) is 37.1 Å². The molecular weight excluding hydrogens is 378 g/mol. The first-order valence-corrected chi connectivity index (χ1v) is 10.2. The number of ether oxygens (including phenoxy) is 1. The van der Waals surface area contributed by atoms with E-state index in [1.165, 1.54) is 0 Å². The van der Waals surface area contributed by atoms with E-state index in [2.05, 4.69) is 19.0 Å². The molecule has 1 aromatic carbocycles. The summed E-state index contributed by atoms with van der Waals surface area (Å²) in [5, 5.41) is 0. The van der Waals surface area contributed by atoms with Crippen LogP contribution in [-0.4, -0.2) is 41.0 Å². The van der Waals surface area contributed by atoms with Crippen molar-refractivity contribution in [3.63, 3.8) is 0 Å².